The monoisotopic (exact) mass is 170 g/mol. The second-order valence-electron chi connectivity index (χ2n) is 2.74. The molecule has 1 aliphatic heterocycles. The maximum absolute atomic E-state index is 10.9. The van der Waals surface area contributed by atoms with Crippen molar-refractivity contribution in [1.29, 1.82) is 0 Å². The minimum Gasteiger partial charge on any atom is -0.466 e. The molecule has 12 heavy (non-hydrogen) atoms. The van der Waals surface area contributed by atoms with Gasteiger partial charge >= 0.3 is 5.97 Å². The molecular weight excluding hydrogens is 156 g/mol. The Bertz CT molecular complexity index is 192. The summed E-state index contributed by atoms with van der Waals surface area (Å²) in [6.07, 6.45) is 3.56. The van der Waals surface area contributed by atoms with Gasteiger partial charge in [-0.3, -0.25) is 0 Å². The van der Waals surface area contributed by atoms with E-state index in [2.05, 4.69) is 4.74 Å². The molecule has 0 bridgehead atoms. The van der Waals surface area contributed by atoms with E-state index in [0.29, 0.717) is 0 Å². The number of carbonyl (C=O) groups excluding carboxylic acids is 1. The van der Waals surface area contributed by atoms with E-state index in [9.17, 15) is 4.79 Å². The van der Waals surface area contributed by atoms with E-state index < -0.39 is 0 Å². The molecule has 0 saturated carbocycles. The Morgan fingerprint density at radius 1 is 1.75 bits per heavy atom. The average Bonchev–Trinajstić information content (AvgIpc) is 1.99. The fourth-order valence-corrected chi connectivity index (χ4v) is 1.16. The summed E-state index contributed by atoms with van der Waals surface area (Å²) in [6.45, 7) is 2.82. The highest BCUT2D eigenvalue weighted by Crippen LogP contribution is 2.22. The van der Waals surface area contributed by atoms with Crippen LogP contribution in [0, 0.1) is 0 Å². The SMILES string of the molecule is CCC(=CC(=O)OC)C1CCO1. The molecule has 1 heterocycles. The Labute approximate surface area is 72.4 Å². The molecule has 68 valence electrons. The summed E-state index contributed by atoms with van der Waals surface area (Å²) in [4.78, 5) is 10.9. The summed E-state index contributed by atoms with van der Waals surface area (Å²) < 4.78 is 9.78. The molecule has 1 unspecified atom stereocenters. The van der Waals surface area contributed by atoms with Crippen LogP contribution in [0.25, 0.3) is 0 Å². The van der Waals surface area contributed by atoms with Gasteiger partial charge in [-0.05, 0) is 12.0 Å². The molecule has 1 fully saturated rings. The molecule has 0 radical (unpaired) electrons. The fraction of sp³-hybridized carbons (Fsp3) is 0.667. The Morgan fingerprint density at radius 3 is 2.75 bits per heavy atom. The Kier molecular flexibility index (Phi) is 3.29. The van der Waals surface area contributed by atoms with E-state index in [4.69, 9.17) is 4.74 Å². The number of ether oxygens (including phenoxy) is 2. The largest absolute Gasteiger partial charge is 0.466 e. The van der Waals surface area contributed by atoms with Gasteiger partial charge in [0, 0.05) is 12.5 Å². The zero-order valence-electron chi connectivity index (χ0n) is 7.50. The third-order valence-electron chi connectivity index (χ3n) is 2.03. The maximum atomic E-state index is 10.9. The molecule has 0 aliphatic carbocycles. The second kappa shape index (κ2) is 4.26. The van der Waals surface area contributed by atoms with Gasteiger partial charge in [0.2, 0.25) is 0 Å². The molecule has 1 rings (SSSR count). The van der Waals surface area contributed by atoms with Crippen LogP contribution >= 0.6 is 0 Å². The first kappa shape index (κ1) is 9.26. The highest BCUT2D eigenvalue weighted by Gasteiger charge is 2.22. The van der Waals surface area contributed by atoms with Crippen molar-refractivity contribution in [3.63, 3.8) is 0 Å². The summed E-state index contributed by atoms with van der Waals surface area (Å²) in [5.74, 6) is -0.289. The van der Waals surface area contributed by atoms with E-state index in [0.717, 1.165) is 25.0 Å². The van der Waals surface area contributed by atoms with E-state index in [1.54, 1.807) is 0 Å². The van der Waals surface area contributed by atoms with Gasteiger partial charge in [0.05, 0.1) is 19.8 Å². The van der Waals surface area contributed by atoms with Crippen LogP contribution in [0.1, 0.15) is 19.8 Å². The molecular formula is C9H14O3. The standard InChI is InChI=1S/C9H14O3/c1-3-7(6-9(10)11-2)8-4-5-12-8/h6,8H,3-5H2,1-2H3. The molecule has 0 aromatic carbocycles. The van der Waals surface area contributed by atoms with Gasteiger partial charge in [-0.15, -0.1) is 0 Å². The first-order valence-corrected chi connectivity index (χ1v) is 4.18. The van der Waals surface area contributed by atoms with Crippen molar-refractivity contribution in [3.8, 4) is 0 Å². The van der Waals surface area contributed by atoms with E-state index in [1.165, 1.54) is 13.2 Å². The van der Waals surface area contributed by atoms with Gasteiger partial charge in [-0.1, -0.05) is 6.92 Å². The lowest BCUT2D eigenvalue weighted by Gasteiger charge is -2.28. The third-order valence-corrected chi connectivity index (χ3v) is 2.03. The highest BCUT2D eigenvalue weighted by atomic mass is 16.5. The molecule has 0 N–H and O–H groups in total. The van der Waals surface area contributed by atoms with Gasteiger partial charge in [0.1, 0.15) is 0 Å². The van der Waals surface area contributed by atoms with Crippen LogP contribution in [0.2, 0.25) is 0 Å². The van der Waals surface area contributed by atoms with Crippen LogP contribution in [-0.4, -0.2) is 25.8 Å². The van der Waals surface area contributed by atoms with Gasteiger partial charge in [-0.2, -0.15) is 0 Å². The molecule has 1 saturated heterocycles. The summed E-state index contributed by atoms with van der Waals surface area (Å²) in [5.41, 5.74) is 1.04. The second-order valence-corrected chi connectivity index (χ2v) is 2.74. The maximum Gasteiger partial charge on any atom is 0.330 e. The predicted molar refractivity (Wildman–Crippen MR) is 44.7 cm³/mol. The Balaban J connectivity index is 2.53. The van der Waals surface area contributed by atoms with E-state index in [-0.39, 0.29) is 12.1 Å². The lowest BCUT2D eigenvalue weighted by molar-refractivity contribution is -0.135. The fourth-order valence-electron chi connectivity index (χ4n) is 1.16. The first-order chi connectivity index (χ1) is 5.77. The van der Waals surface area contributed by atoms with E-state index in [1.807, 2.05) is 6.92 Å². The first-order valence-electron chi connectivity index (χ1n) is 4.18. The summed E-state index contributed by atoms with van der Waals surface area (Å²) in [5, 5.41) is 0. The van der Waals surface area contributed by atoms with E-state index >= 15 is 0 Å². The zero-order valence-corrected chi connectivity index (χ0v) is 7.50. The molecule has 0 amide bonds. The smallest absolute Gasteiger partial charge is 0.330 e. The zero-order chi connectivity index (χ0) is 8.97. The molecule has 1 aliphatic rings. The highest BCUT2D eigenvalue weighted by molar-refractivity contribution is 5.82. The summed E-state index contributed by atoms with van der Waals surface area (Å²) in [7, 11) is 1.38. The molecule has 3 heteroatoms. The Morgan fingerprint density at radius 2 is 2.42 bits per heavy atom. The van der Waals surface area contributed by atoms with Crippen LogP contribution < -0.4 is 0 Å². The van der Waals surface area contributed by atoms with Gasteiger partial charge in [0.15, 0.2) is 0 Å². The summed E-state index contributed by atoms with van der Waals surface area (Å²) >= 11 is 0. The normalized spacial score (nSPS) is 23.2. The predicted octanol–water partition coefficient (Wildman–Crippen LogP) is 1.28. The van der Waals surface area contributed by atoms with Crippen molar-refractivity contribution in [1.82, 2.24) is 0 Å². The van der Waals surface area contributed by atoms with Crippen LogP contribution in [0.5, 0.6) is 0 Å². The molecule has 0 aromatic rings. The number of carbonyl (C=O) groups is 1. The van der Waals surface area contributed by atoms with Crippen LogP contribution in [0.3, 0.4) is 0 Å². The Hall–Kier alpha value is -0.830. The van der Waals surface area contributed by atoms with Gasteiger partial charge in [0.25, 0.3) is 0 Å². The molecule has 3 nitrogen and oxygen atoms in total. The minimum absolute atomic E-state index is 0.161. The number of rotatable bonds is 3. The average molecular weight is 170 g/mol. The van der Waals surface area contributed by atoms with Crippen molar-refractivity contribution in [2.24, 2.45) is 0 Å². The number of esters is 1. The summed E-state index contributed by atoms with van der Waals surface area (Å²) in [6, 6.07) is 0. The van der Waals surface area contributed by atoms with Crippen LogP contribution in [-0.2, 0) is 14.3 Å². The number of hydrogen-bond donors (Lipinski definition) is 0. The number of methoxy groups -OCH3 is 1. The van der Waals surface area contributed by atoms with Crippen molar-refractivity contribution in [3.05, 3.63) is 11.6 Å². The van der Waals surface area contributed by atoms with Crippen molar-refractivity contribution >= 4 is 5.97 Å². The van der Waals surface area contributed by atoms with Crippen molar-refractivity contribution < 1.29 is 14.3 Å². The van der Waals surface area contributed by atoms with Gasteiger partial charge in [-0.25, -0.2) is 4.79 Å². The lowest BCUT2D eigenvalue weighted by Crippen LogP contribution is -2.29. The number of hydrogen-bond acceptors (Lipinski definition) is 3. The van der Waals surface area contributed by atoms with Crippen LogP contribution in [0.4, 0.5) is 0 Å². The quantitative estimate of drug-likeness (QED) is 0.473. The van der Waals surface area contributed by atoms with Crippen molar-refractivity contribution in [2.75, 3.05) is 13.7 Å². The molecule has 0 spiro atoms. The minimum atomic E-state index is -0.289. The molecule has 0 aromatic heterocycles. The topological polar surface area (TPSA) is 35.5 Å². The van der Waals surface area contributed by atoms with Gasteiger partial charge < -0.3 is 9.47 Å². The molecule has 1 atom stereocenters. The van der Waals surface area contributed by atoms with Crippen molar-refractivity contribution in [2.45, 2.75) is 25.9 Å². The third kappa shape index (κ3) is 2.08. The van der Waals surface area contributed by atoms with Crippen LogP contribution in [0.15, 0.2) is 11.6 Å². The lowest BCUT2D eigenvalue weighted by atomic mass is 10.0.